The van der Waals surface area contributed by atoms with E-state index in [1.54, 1.807) is 24.3 Å². The molecule has 0 bridgehead atoms. The fourth-order valence-corrected chi connectivity index (χ4v) is 4.00. The number of carboxylic acids is 2. The lowest BCUT2D eigenvalue weighted by molar-refractivity contribution is -0.152. The number of hydrogen-bond donors (Lipinski definition) is 5. The molecule has 1 aromatic carbocycles. The zero-order chi connectivity index (χ0) is 29.0. The van der Waals surface area contributed by atoms with Crippen LogP contribution in [0.1, 0.15) is 53.1 Å². The molecule has 1 atom stereocenters. The summed E-state index contributed by atoms with van der Waals surface area (Å²) in [6.45, 7) is 11.2. The highest BCUT2D eigenvalue weighted by Gasteiger charge is 2.18. The number of likely N-dealkylation sites (N-methyl/N-ethyl adjacent to an activating group) is 1. The minimum Gasteiger partial charge on any atom is -0.481 e. The predicted molar refractivity (Wildman–Crippen MR) is 146 cm³/mol. The minimum atomic E-state index is -1.79. The van der Waals surface area contributed by atoms with Crippen molar-refractivity contribution >= 4 is 52.7 Å². The number of carbonyl (C=O) groups excluding carboxylic acids is 1. The molecule has 12 heteroatoms. The van der Waals surface area contributed by atoms with Crippen molar-refractivity contribution in [3.05, 3.63) is 56.3 Å². The summed E-state index contributed by atoms with van der Waals surface area (Å²) >= 11 is 12.2. The van der Waals surface area contributed by atoms with Crippen molar-refractivity contribution in [1.82, 2.24) is 15.2 Å². The van der Waals surface area contributed by atoms with Gasteiger partial charge in [0.1, 0.15) is 0 Å². The second-order valence-electron chi connectivity index (χ2n) is 8.19. The van der Waals surface area contributed by atoms with Gasteiger partial charge in [-0.15, -0.1) is 0 Å². The van der Waals surface area contributed by atoms with E-state index in [0.29, 0.717) is 39.0 Å². The van der Waals surface area contributed by atoms with E-state index in [4.69, 9.17) is 38.5 Å². The van der Waals surface area contributed by atoms with Crippen LogP contribution in [-0.4, -0.2) is 75.3 Å². The van der Waals surface area contributed by atoms with E-state index in [1.165, 1.54) is 0 Å². The first kappa shape index (κ1) is 32.7. The standard InChI is InChI=1S/C22H26Cl2N4O.C4H6O5/c1-5-28(6-2)10-9-26-22(29)21-14(3)20(27-15(21)4)11-16(13-25)18-8-7-17(23)12-19(18)24;5-2(4(8)9)1-3(6)7/h7-8,11-12,27H,5-6,9-10H2,1-4H3,(H,26,29);2,5H,1H2,(H,6,7)(H,8,9)/b16-11+;/t;2-/m.0/s1. The van der Waals surface area contributed by atoms with Crippen molar-refractivity contribution in [3.63, 3.8) is 0 Å². The second-order valence-corrected chi connectivity index (χ2v) is 9.04. The van der Waals surface area contributed by atoms with Crippen molar-refractivity contribution in [3.8, 4) is 6.07 Å². The Balaban J connectivity index is 0.000000686. The first-order valence-electron chi connectivity index (χ1n) is 11.8. The molecule has 2 aromatic rings. The molecule has 0 aliphatic heterocycles. The molecule has 0 radical (unpaired) electrons. The number of aromatic nitrogens is 1. The number of aromatic amines is 1. The number of carboxylic acid groups (broad SMARTS) is 2. The largest absolute Gasteiger partial charge is 0.481 e. The smallest absolute Gasteiger partial charge is 0.333 e. The van der Waals surface area contributed by atoms with Gasteiger partial charge in [0.25, 0.3) is 5.91 Å². The molecule has 0 saturated heterocycles. The van der Waals surface area contributed by atoms with Gasteiger partial charge in [0.05, 0.1) is 28.6 Å². The van der Waals surface area contributed by atoms with Crippen LogP contribution in [0, 0.1) is 25.2 Å². The number of halogens is 2. The molecule has 10 nitrogen and oxygen atoms in total. The average molecular weight is 567 g/mol. The lowest BCUT2D eigenvalue weighted by atomic mass is 10.0. The van der Waals surface area contributed by atoms with Gasteiger partial charge >= 0.3 is 11.9 Å². The van der Waals surface area contributed by atoms with Crippen molar-refractivity contribution in [1.29, 1.82) is 5.26 Å². The van der Waals surface area contributed by atoms with Gasteiger partial charge in [-0.2, -0.15) is 5.26 Å². The van der Waals surface area contributed by atoms with Gasteiger partial charge < -0.3 is 30.5 Å². The summed E-state index contributed by atoms with van der Waals surface area (Å²) < 4.78 is 0. The van der Waals surface area contributed by atoms with Gasteiger partial charge in [-0.05, 0) is 50.7 Å². The number of H-pyrrole nitrogens is 1. The molecule has 0 fully saturated rings. The van der Waals surface area contributed by atoms with Crippen LogP contribution in [0.25, 0.3) is 11.6 Å². The number of nitrogens with zero attached hydrogens (tertiary/aromatic N) is 2. The lowest BCUT2D eigenvalue weighted by Crippen LogP contribution is -2.35. The number of allylic oxidation sites excluding steroid dienone is 1. The fourth-order valence-electron chi connectivity index (χ4n) is 3.49. The number of rotatable bonds is 11. The van der Waals surface area contributed by atoms with Gasteiger partial charge in [-0.25, -0.2) is 4.79 Å². The molecular formula is C26H32Cl2N4O6. The first-order chi connectivity index (χ1) is 17.9. The molecular weight excluding hydrogens is 535 g/mol. The van der Waals surface area contributed by atoms with Gasteiger partial charge in [0.15, 0.2) is 6.10 Å². The Morgan fingerprint density at radius 3 is 2.29 bits per heavy atom. The van der Waals surface area contributed by atoms with Gasteiger partial charge in [0.2, 0.25) is 0 Å². The van der Waals surface area contributed by atoms with Gasteiger partial charge in [-0.1, -0.05) is 43.1 Å². The molecule has 5 N–H and O–H groups in total. The highest BCUT2D eigenvalue weighted by molar-refractivity contribution is 6.36. The number of aliphatic carboxylic acids is 2. The third-order valence-electron chi connectivity index (χ3n) is 5.59. The van der Waals surface area contributed by atoms with Crippen LogP contribution in [0.3, 0.4) is 0 Å². The van der Waals surface area contributed by atoms with E-state index in [0.717, 1.165) is 30.9 Å². The fraction of sp³-hybridized carbons (Fsp3) is 0.385. The monoisotopic (exact) mass is 566 g/mol. The third-order valence-corrected chi connectivity index (χ3v) is 6.14. The number of nitrogens with one attached hydrogen (secondary N) is 2. The molecule has 0 aliphatic rings. The number of carbonyl (C=O) groups is 3. The summed E-state index contributed by atoms with van der Waals surface area (Å²) in [4.78, 5) is 37.6. The van der Waals surface area contributed by atoms with Crippen LogP contribution in [0.5, 0.6) is 0 Å². The zero-order valence-electron chi connectivity index (χ0n) is 21.6. The van der Waals surface area contributed by atoms with E-state index in [1.807, 2.05) is 13.8 Å². The highest BCUT2D eigenvalue weighted by atomic mass is 35.5. The quantitative estimate of drug-likeness (QED) is 0.254. The maximum Gasteiger partial charge on any atom is 0.333 e. The number of aryl methyl sites for hydroxylation is 1. The van der Waals surface area contributed by atoms with E-state index in [-0.39, 0.29) is 5.91 Å². The topological polar surface area (TPSA) is 167 Å². The number of benzene rings is 1. The van der Waals surface area contributed by atoms with E-state index < -0.39 is 24.5 Å². The molecule has 206 valence electrons. The van der Waals surface area contributed by atoms with Crippen molar-refractivity contribution in [2.24, 2.45) is 0 Å². The summed E-state index contributed by atoms with van der Waals surface area (Å²) in [6.07, 6.45) is -0.832. The zero-order valence-corrected chi connectivity index (χ0v) is 23.2. The summed E-state index contributed by atoms with van der Waals surface area (Å²) in [5, 5.41) is 37.7. The van der Waals surface area contributed by atoms with E-state index in [2.05, 4.69) is 35.1 Å². The summed E-state index contributed by atoms with van der Waals surface area (Å²) in [7, 11) is 0. The van der Waals surface area contributed by atoms with Crippen molar-refractivity contribution in [2.45, 2.75) is 40.2 Å². The number of hydrogen-bond acceptors (Lipinski definition) is 6. The molecule has 0 spiro atoms. The Morgan fingerprint density at radius 1 is 1.18 bits per heavy atom. The molecule has 38 heavy (non-hydrogen) atoms. The predicted octanol–water partition coefficient (Wildman–Crippen LogP) is 3.98. The number of amides is 1. The molecule has 1 aromatic heterocycles. The van der Waals surface area contributed by atoms with Crippen LogP contribution in [-0.2, 0) is 9.59 Å². The van der Waals surface area contributed by atoms with Gasteiger partial charge in [0, 0.05) is 35.1 Å². The summed E-state index contributed by atoms with van der Waals surface area (Å²) in [5.74, 6) is -2.96. The lowest BCUT2D eigenvalue weighted by Gasteiger charge is -2.18. The van der Waals surface area contributed by atoms with E-state index >= 15 is 0 Å². The summed E-state index contributed by atoms with van der Waals surface area (Å²) in [6, 6.07) is 7.19. The van der Waals surface area contributed by atoms with Crippen LogP contribution in [0.4, 0.5) is 0 Å². The normalized spacial score (nSPS) is 11.8. The Hall–Kier alpha value is -3.36. The van der Waals surface area contributed by atoms with Crippen LogP contribution >= 0.6 is 23.2 Å². The maximum absolute atomic E-state index is 12.7. The second kappa shape index (κ2) is 15.8. The molecule has 1 heterocycles. The Bertz CT molecular complexity index is 1220. The Labute approximate surface area is 231 Å². The molecule has 2 rings (SSSR count). The maximum atomic E-state index is 12.7. The molecule has 0 saturated carbocycles. The van der Waals surface area contributed by atoms with Crippen molar-refractivity contribution in [2.75, 3.05) is 26.2 Å². The van der Waals surface area contributed by atoms with Crippen LogP contribution in [0.2, 0.25) is 10.0 Å². The molecule has 1 amide bonds. The number of nitriles is 1. The minimum absolute atomic E-state index is 0.119. The average Bonchev–Trinajstić information content (AvgIpc) is 3.13. The van der Waals surface area contributed by atoms with E-state index in [9.17, 15) is 19.6 Å². The third kappa shape index (κ3) is 9.84. The first-order valence-corrected chi connectivity index (χ1v) is 12.5. The van der Waals surface area contributed by atoms with Crippen molar-refractivity contribution < 1.29 is 29.7 Å². The number of aliphatic hydroxyl groups excluding tert-OH is 1. The number of aliphatic hydroxyl groups is 1. The molecule has 0 aliphatic carbocycles. The molecule has 0 unspecified atom stereocenters. The van der Waals surface area contributed by atoms with Crippen LogP contribution in [0.15, 0.2) is 18.2 Å². The van der Waals surface area contributed by atoms with Crippen LogP contribution < -0.4 is 5.32 Å². The SMILES string of the molecule is CCN(CC)CCNC(=O)c1c(C)[nH]c(/C=C(\C#N)c2ccc(Cl)cc2Cl)c1C.O=C(O)C[C@H](O)C(=O)O. The highest BCUT2D eigenvalue weighted by Crippen LogP contribution is 2.29. The Kier molecular flexibility index (Phi) is 13.6. The summed E-state index contributed by atoms with van der Waals surface area (Å²) in [5.41, 5.74) is 3.85. The Morgan fingerprint density at radius 2 is 1.82 bits per heavy atom. The van der Waals surface area contributed by atoms with Gasteiger partial charge in [-0.3, -0.25) is 9.59 Å².